The highest BCUT2D eigenvalue weighted by atomic mass is 35.5. The Bertz CT molecular complexity index is 914. The first kappa shape index (κ1) is 17.6. The maximum absolute atomic E-state index is 6.34. The van der Waals surface area contributed by atoms with E-state index < -0.39 is 0 Å². The van der Waals surface area contributed by atoms with E-state index in [4.69, 9.17) is 11.6 Å². The van der Waals surface area contributed by atoms with Gasteiger partial charge < -0.3 is 0 Å². The van der Waals surface area contributed by atoms with Crippen molar-refractivity contribution in [3.8, 4) is 22.3 Å². The van der Waals surface area contributed by atoms with Crippen LogP contribution in [0.5, 0.6) is 0 Å². The number of halogens is 1. The summed E-state index contributed by atoms with van der Waals surface area (Å²) >= 11 is 11.0. The van der Waals surface area contributed by atoms with Crippen LogP contribution in [0.1, 0.15) is 18.1 Å². The minimum Gasteiger partial charge on any atom is -0.193 e. The largest absolute Gasteiger partial charge is 0.193 e. The average molecular weight is 364 g/mol. The summed E-state index contributed by atoms with van der Waals surface area (Å²) in [5.41, 5.74) is 7.65. The highest BCUT2D eigenvalue weighted by molar-refractivity contribution is 7.78. The molecular formula is C22H18ClNS. The molecule has 1 nitrogen and oxygen atoms in total. The van der Waals surface area contributed by atoms with Crippen molar-refractivity contribution in [2.24, 2.45) is 4.99 Å². The number of aliphatic imine (C=N–C) groups is 1. The van der Waals surface area contributed by atoms with Crippen LogP contribution >= 0.6 is 23.8 Å². The van der Waals surface area contributed by atoms with Crippen LogP contribution < -0.4 is 0 Å². The minimum atomic E-state index is 0.589. The number of benzene rings is 3. The summed E-state index contributed by atoms with van der Waals surface area (Å²) < 4.78 is 0. The van der Waals surface area contributed by atoms with E-state index in [9.17, 15) is 0 Å². The number of rotatable bonds is 4. The number of aryl methyl sites for hydroxylation is 2. The normalized spacial score (nSPS) is 10.4. The standard InChI is InChI=1S/C22H18ClNS/c1-3-16-4-6-17(7-5-16)18-8-10-19(11-9-18)20-12-15(2)22(24-14-25)21(23)13-20/h4-13H,3H2,1-2H3. The molecule has 0 aliphatic heterocycles. The van der Waals surface area contributed by atoms with E-state index >= 15 is 0 Å². The third-order valence-electron chi connectivity index (χ3n) is 4.33. The molecule has 0 N–H and O–H groups in total. The number of hydrogen-bond acceptors (Lipinski definition) is 2. The molecule has 3 heteroatoms. The smallest absolute Gasteiger partial charge is 0.0955 e. The van der Waals surface area contributed by atoms with Gasteiger partial charge in [0.25, 0.3) is 0 Å². The van der Waals surface area contributed by atoms with E-state index in [0.717, 1.165) is 23.1 Å². The van der Waals surface area contributed by atoms with Gasteiger partial charge in [0.2, 0.25) is 0 Å². The molecule has 0 amide bonds. The zero-order valence-electron chi connectivity index (χ0n) is 14.2. The topological polar surface area (TPSA) is 12.4 Å². The Hall–Kier alpha value is -2.25. The lowest BCUT2D eigenvalue weighted by Crippen LogP contribution is -1.84. The third-order valence-corrected chi connectivity index (χ3v) is 4.70. The molecule has 0 unspecified atom stereocenters. The van der Waals surface area contributed by atoms with Crippen molar-refractivity contribution in [3.63, 3.8) is 0 Å². The van der Waals surface area contributed by atoms with Crippen LogP contribution in [0.2, 0.25) is 5.02 Å². The van der Waals surface area contributed by atoms with Crippen molar-refractivity contribution in [1.29, 1.82) is 0 Å². The van der Waals surface area contributed by atoms with Crippen LogP contribution in [0, 0.1) is 6.92 Å². The Morgan fingerprint density at radius 1 is 0.880 bits per heavy atom. The molecule has 3 aromatic rings. The van der Waals surface area contributed by atoms with Gasteiger partial charge in [-0.2, -0.15) is 4.99 Å². The van der Waals surface area contributed by atoms with Crippen molar-refractivity contribution in [2.75, 3.05) is 0 Å². The fourth-order valence-electron chi connectivity index (χ4n) is 2.88. The van der Waals surface area contributed by atoms with Gasteiger partial charge in [0, 0.05) is 0 Å². The summed E-state index contributed by atoms with van der Waals surface area (Å²) in [5, 5.41) is 2.97. The summed E-state index contributed by atoms with van der Waals surface area (Å²) in [6.45, 7) is 4.14. The van der Waals surface area contributed by atoms with Gasteiger partial charge in [-0.1, -0.05) is 67.1 Å². The number of nitrogens with zero attached hydrogens (tertiary/aromatic N) is 1. The molecule has 25 heavy (non-hydrogen) atoms. The minimum absolute atomic E-state index is 0.589. The monoisotopic (exact) mass is 363 g/mol. The second-order valence-electron chi connectivity index (χ2n) is 5.95. The van der Waals surface area contributed by atoms with Crippen LogP contribution in [0.3, 0.4) is 0 Å². The number of hydrogen-bond donors (Lipinski definition) is 0. The van der Waals surface area contributed by atoms with E-state index in [1.807, 2.05) is 13.0 Å². The van der Waals surface area contributed by atoms with Crippen molar-refractivity contribution in [3.05, 3.63) is 76.8 Å². The molecule has 0 bridgehead atoms. The molecule has 0 heterocycles. The molecule has 3 rings (SSSR count). The maximum atomic E-state index is 6.34. The van der Waals surface area contributed by atoms with Gasteiger partial charge in [-0.15, -0.1) is 0 Å². The Morgan fingerprint density at radius 2 is 1.40 bits per heavy atom. The molecule has 124 valence electrons. The van der Waals surface area contributed by atoms with E-state index in [0.29, 0.717) is 10.7 Å². The van der Waals surface area contributed by atoms with Crippen molar-refractivity contribution < 1.29 is 0 Å². The van der Waals surface area contributed by atoms with E-state index in [2.05, 4.69) is 83.9 Å². The zero-order chi connectivity index (χ0) is 17.8. The van der Waals surface area contributed by atoms with Crippen LogP contribution in [0.15, 0.2) is 65.7 Å². The SMILES string of the molecule is CCc1ccc(-c2ccc(-c3cc(C)c(N=C=S)c(Cl)c3)cc2)cc1. The first-order valence-electron chi connectivity index (χ1n) is 8.20. The molecule has 0 fully saturated rings. The van der Waals surface area contributed by atoms with Gasteiger partial charge in [0.1, 0.15) is 0 Å². The van der Waals surface area contributed by atoms with Gasteiger partial charge in [-0.25, -0.2) is 0 Å². The molecule has 3 aromatic carbocycles. The maximum Gasteiger partial charge on any atom is 0.0955 e. The second-order valence-corrected chi connectivity index (χ2v) is 6.54. The summed E-state index contributed by atoms with van der Waals surface area (Å²) in [4.78, 5) is 4.04. The average Bonchev–Trinajstić information content (AvgIpc) is 2.65. The van der Waals surface area contributed by atoms with Gasteiger partial charge in [-0.3, -0.25) is 0 Å². The Morgan fingerprint density at radius 3 is 1.88 bits per heavy atom. The number of thiocarbonyl (C=S) groups is 1. The molecule has 0 spiro atoms. The zero-order valence-corrected chi connectivity index (χ0v) is 15.8. The Labute approximate surface area is 159 Å². The van der Waals surface area contributed by atoms with Crippen LogP contribution in [-0.4, -0.2) is 5.16 Å². The first-order valence-corrected chi connectivity index (χ1v) is 8.98. The molecule has 0 saturated heterocycles. The predicted molar refractivity (Wildman–Crippen MR) is 111 cm³/mol. The van der Waals surface area contributed by atoms with E-state index in [1.54, 1.807) is 0 Å². The van der Waals surface area contributed by atoms with Gasteiger partial charge in [-0.05, 0) is 71.1 Å². The first-order chi connectivity index (χ1) is 12.1. The predicted octanol–water partition coefficient (Wildman–Crippen LogP) is 7.28. The Kier molecular flexibility index (Phi) is 5.45. The quantitative estimate of drug-likeness (QED) is 0.350. The third kappa shape index (κ3) is 3.88. The van der Waals surface area contributed by atoms with Crippen LogP contribution in [0.25, 0.3) is 22.3 Å². The second kappa shape index (κ2) is 7.76. The molecule has 0 atom stereocenters. The molecule has 0 aromatic heterocycles. The highest BCUT2D eigenvalue weighted by Crippen LogP contribution is 2.34. The summed E-state index contributed by atoms with van der Waals surface area (Å²) in [6, 6.07) is 21.2. The molecule has 0 saturated carbocycles. The molecule has 0 radical (unpaired) electrons. The summed E-state index contributed by atoms with van der Waals surface area (Å²) in [6.07, 6.45) is 1.06. The fourth-order valence-corrected chi connectivity index (χ4v) is 3.28. The van der Waals surface area contributed by atoms with E-state index in [-0.39, 0.29) is 0 Å². The molecular weight excluding hydrogens is 346 g/mol. The summed E-state index contributed by atoms with van der Waals surface area (Å²) in [5.74, 6) is 0. The van der Waals surface area contributed by atoms with Crippen LogP contribution in [-0.2, 0) is 6.42 Å². The van der Waals surface area contributed by atoms with Crippen molar-refractivity contribution in [1.82, 2.24) is 0 Å². The fraction of sp³-hybridized carbons (Fsp3) is 0.136. The van der Waals surface area contributed by atoms with E-state index in [1.165, 1.54) is 16.7 Å². The van der Waals surface area contributed by atoms with Gasteiger partial charge >= 0.3 is 0 Å². The molecule has 0 aliphatic carbocycles. The van der Waals surface area contributed by atoms with Gasteiger partial charge in [0.15, 0.2) is 0 Å². The van der Waals surface area contributed by atoms with Crippen molar-refractivity contribution in [2.45, 2.75) is 20.3 Å². The van der Waals surface area contributed by atoms with Crippen molar-refractivity contribution >= 4 is 34.7 Å². The lowest BCUT2D eigenvalue weighted by atomic mass is 9.98. The lowest BCUT2D eigenvalue weighted by molar-refractivity contribution is 1.14. The van der Waals surface area contributed by atoms with Gasteiger partial charge in [0.05, 0.1) is 15.9 Å². The highest BCUT2D eigenvalue weighted by Gasteiger charge is 2.08. The number of isothiocyanates is 1. The Balaban J connectivity index is 1.93. The lowest BCUT2D eigenvalue weighted by Gasteiger charge is -2.09. The van der Waals surface area contributed by atoms with Crippen LogP contribution in [0.4, 0.5) is 5.69 Å². The molecule has 0 aliphatic rings. The summed E-state index contributed by atoms with van der Waals surface area (Å²) in [7, 11) is 0.